The number of hydrogen-bond acceptors (Lipinski definition) is 4. The Morgan fingerprint density at radius 1 is 1.04 bits per heavy atom. The van der Waals surface area contributed by atoms with E-state index in [0.29, 0.717) is 11.8 Å². The molecule has 7 nitrogen and oxygen atoms in total. The molecule has 2 rings (SSSR count). The molecule has 26 heavy (non-hydrogen) atoms. The molecular weight excluding hydrogens is 348 g/mol. The summed E-state index contributed by atoms with van der Waals surface area (Å²) in [5, 5.41) is 4.53. The number of halogens is 2. The van der Waals surface area contributed by atoms with Gasteiger partial charge in [-0.05, 0) is 43.3 Å². The van der Waals surface area contributed by atoms with Crippen molar-refractivity contribution in [3.05, 3.63) is 59.7 Å². The number of carbonyl (C=O) groups excluding carboxylic acids is 3. The number of amides is 3. The highest BCUT2D eigenvalue weighted by Crippen LogP contribution is 2.16. The van der Waals surface area contributed by atoms with Crippen molar-refractivity contribution in [1.82, 2.24) is 0 Å². The van der Waals surface area contributed by atoms with E-state index in [1.165, 1.54) is 31.2 Å². The summed E-state index contributed by atoms with van der Waals surface area (Å²) >= 11 is 0. The molecule has 2 aromatic carbocycles. The lowest BCUT2D eigenvalue weighted by atomic mass is 10.2. The molecule has 0 spiro atoms. The first kappa shape index (κ1) is 18.8. The molecule has 0 saturated heterocycles. The van der Waals surface area contributed by atoms with Gasteiger partial charge in [0.1, 0.15) is 11.6 Å². The van der Waals surface area contributed by atoms with Crippen molar-refractivity contribution in [2.75, 3.05) is 10.6 Å². The first-order valence-electron chi connectivity index (χ1n) is 7.39. The summed E-state index contributed by atoms with van der Waals surface area (Å²) in [7, 11) is 0. The largest absolute Gasteiger partial charge is 0.449 e. The molecule has 0 aliphatic heterocycles. The van der Waals surface area contributed by atoms with Crippen molar-refractivity contribution < 1.29 is 27.9 Å². The van der Waals surface area contributed by atoms with E-state index in [4.69, 9.17) is 10.5 Å². The quantitative estimate of drug-likeness (QED) is 0.709. The molecule has 136 valence electrons. The zero-order chi connectivity index (χ0) is 19.3. The van der Waals surface area contributed by atoms with Gasteiger partial charge in [-0.25, -0.2) is 18.4 Å². The molecule has 0 unspecified atom stereocenters. The van der Waals surface area contributed by atoms with E-state index in [9.17, 15) is 23.2 Å². The van der Waals surface area contributed by atoms with Crippen LogP contribution in [0.4, 0.5) is 25.0 Å². The summed E-state index contributed by atoms with van der Waals surface area (Å²) < 4.78 is 31.4. The van der Waals surface area contributed by atoms with Gasteiger partial charge < -0.3 is 21.1 Å². The van der Waals surface area contributed by atoms with Crippen LogP contribution in [0.25, 0.3) is 0 Å². The van der Waals surface area contributed by atoms with Gasteiger partial charge in [-0.3, -0.25) is 4.79 Å². The molecule has 9 heteroatoms. The number of nitrogens with one attached hydrogen (secondary N) is 2. The van der Waals surface area contributed by atoms with Gasteiger partial charge >= 0.3 is 12.0 Å². The first-order chi connectivity index (χ1) is 12.3. The van der Waals surface area contributed by atoms with Gasteiger partial charge in [0.25, 0.3) is 5.91 Å². The maximum Gasteiger partial charge on any atom is 0.338 e. The molecule has 0 radical (unpaired) electrons. The Hall–Kier alpha value is -3.49. The molecule has 0 aliphatic rings. The molecule has 0 bridgehead atoms. The predicted molar refractivity (Wildman–Crippen MR) is 89.5 cm³/mol. The minimum atomic E-state index is -1.23. The Labute approximate surface area is 147 Å². The number of rotatable bonds is 5. The maximum atomic E-state index is 13.5. The number of carbonyl (C=O) groups is 3. The summed E-state index contributed by atoms with van der Waals surface area (Å²) in [4.78, 5) is 34.7. The minimum Gasteiger partial charge on any atom is -0.449 e. The standard InChI is InChI=1S/C17H15F2N3O4/c1-9(15(23)22-14-7-4-11(18)8-13(14)19)26-16(24)10-2-5-12(6-3-10)21-17(20)25/h2-9H,1H3,(H,22,23)(H3,20,21,25)/t9-/m0/s1. The lowest BCUT2D eigenvalue weighted by molar-refractivity contribution is -0.123. The minimum absolute atomic E-state index is 0.132. The van der Waals surface area contributed by atoms with Crippen molar-refractivity contribution >= 4 is 29.3 Å². The van der Waals surface area contributed by atoms with Crippen molar-refractivity contribution in [3.63, 3.8) is 0 Å². The second-order valence-corrected chi connectivity index (χ2v) is 5.23. The number of ether oxygens (including phenoxy) is 1. The third-order valence-electron chi connectivity index (χ3n) is 3.23. The Morgan fingerprint density at radius 3 is 2.27 bits per heavy atom. The summed E-state index contributed by atoms with van der Waals surface area (Å²) in [5.41, 5.74) is 5.25. The Balaban J connectivity index is 1.97. The number of esters is 1. The summed E-state index contributed by atoms with van der Waals surface area (Å²) in [6.45, 7) is 1.30. The average Bonchev–Trinajstić information content (AvgIpc) is 2.57. The topological polar surface area (TPSA) is 111 Å². The second kappa shape index (κ2) is 8.06. The van der Waals surface area contributed by atoms with E-state index in [0.717, 1.165) is 12.1 Å². The predicted octanol–water partition coefficient (Wildman–Crippen LogP) is 2.64. The van der Waals surface area contributed by atoms with Crippen LogP contribution in [0.1, 0.15) is 17.3 Å². The van der Waals surface area contributed by atoms with Crippen LogP contribution in [0.5, 0.6) is 0 Å². The zero-order valence-corrected chi connectivity index (χ0v) is 13.6. The number of anilines is 2. The van der Waals surface area contributed by atoms with E-state index < -0.39 is 35.6 Å². The summed E-state index contributed by atoms with van der Waals surface area (Å²) in [6.07, 6.45) is -1.23. The van der Waals surface area contributed by atoms with Crippen LogP contribution in [-0.4, -0.2) is 24.0 Å². The van der Waals surface area contributed by atoms with Crippen molar-refractivity contribution in [3.8, 4) is 0 Å². The maximum absolute atomic E-state index is 13.5. The molecular formula is C17H15F2N3O4. The van der Waals surface area contributed by atoms with E-state index in [-0.39, 0.29) is 11.3 Å². The Morgan fingerprint density at radius 2 is 1.69 bits per heavy atom. The van der Waals surface area contributed by atoms with Crippen LogP contribution in [0.3, 0.4) is 0 Å². The smallest absolute Gasteiger partial charge is 0.338 e. The fourth-order valence-corrected chi connectivity index (χ4v) is 1.94. The van der Waals surface area contributed by atoms with Gasteiger partial charge in [-0.1, -0.05) is 0 Å². The fourth-order valence-electron chi connectivity index (χ4n) is 1.94. The van der Waals surface area contributed by atoms with Gasteiger partial charge in [0, 0.05) is 11.8 Å². The fraction of sp³-hybridized carbons (Fsp3) is 0.118. The Bertz CT molecular complexity index is 840. The number of primary amides is 1. The molecule has 1 atom stereocenters. The van der Waals surface area contributed by atoms with Gasteiger partial charge in [-0.15, -0.1) is 0 Å². The van der Waals surface area contributed by atoms with Gasteiger partial charge in [0.2, 0.25) is 0 Å². The highest BCUT2D eigenvalue weighted by molar-refractivity contribution is 5.97. The van der Waals surface area contributed by atoms with E-state index in [1.807, 2.05) is 0 Å². The number of nitrogens with two attached hydrogens (primary N) is 1. The Kier molecular flexibility index (Phi) is 5.84. The third-order valence-corrected chi connectivity index (χ3v) is 3.23. The average molecular weight is 363 g/mol. The number of hydrogen-bond donors (Lipinski definition) is 3. The lowest BCUT2D eigenvalue weighted by Crippen LogP contribution is -2.30. The molecule has 0 aliphatic carbocycles. The molecule has 0 fully saturated rings. The molecule has 0 aromatic heterocycles. The normalized spacial score (nSPS) is 11.3. The second-order valence-electron chi connectivity index (χ2n) is 5.23. The number of urea groups is 1. The van der Waals surface area contributed by atoms with E-state index >= 15 is 0 Å². The highest BCUT2D eigenvalue weighted by atomic mass is 19.1. The first-order valence-corrected chi connectivity index (χ1v) is 7.39. The van der Waals surface area contributed by atoms with Crippen molar-refractivity contribution in [1.29, 1.82) is 0 Å². The molecule has 3 amide bonds. The lowest BCUT2D eigenvalue weighted by Gasteiger charge is -2.14. The van der Waals surface area contributed by atoms with Crippen LogP contribution >= 0.6 is 0 Å². The van der Waals surface area contributed by atoms with Crippen LogP contribution in [0.2, 0.25) is 0 Å². The van der Waals surface area contributed by atoms with Crippen LogP contribution in [0.15, 0.2) is 42.5 Å². The monoisotopic (exact) mass is 363 g/mol. The molecule has 2 aromatic rings. The zero-order valence-electron chi connectivity index (χ0n) is 13.6. The SMILES string of the molecule is C[C@H](OC(=O)c1ccc(NC(N)=O)cc1)C(=O)Nc1ccc(F)cc1F. The van der Waals surface area contributed by atoms with Crippen LogP contribution in [0, 0.1) is 11.6 Å². The van der Waals surface area contributed by atoms with Crippen LogP contribution < -0.4 is 16.4 Å². The van der Waals surface area contributed by atoms with Crippen molar-refractivity contribution in [2.24, 2.45) is 5.73 Å². The third kappa shape index (κ3) is 5.00. The van der Waals surface area contributed by atoms with Gasteiger partial charge in [0.15, 0.2) is 6.10 Å². The van der Waals surface area contributed by atoms with Crippen LogP contribution in [-0.2, 0) is 9.53 Å². The summed E-state index contributed by atoms with van der Waals surface area (Å²) in [5.74, 6) is -3.31. The number of benzene rings is 2. The van der Waals surface area contributed by atoms with Gasteiger partial charge in [-0.2, -0.15) is 0 Å². The van der Waals surface area contributed by atoms with E-state index in [2.05, 4.69) is 10.6 Å². The van der Waals surface area contributed by atoms with Crippen molar-refractivity contribution in [2.45, 2.75) is 13.0 Å². The van der Waals surface area contributed by atoms with E-state index in [1.54, 1.807) is 0 Å². The molecule has 4 N–H and O–H groups in total. The molecule has 0 heterocycles. The molecule has 0 saturated carbocycles. The summed E-state index contributed by atoms with van der Waals surface area (Å²) in [6, 6.07) is 7.51. The highest BCUT2D eigenvalue weighted by Gasteiger charge is 2.20. The van der Waals surface area contributed by atoms with Gasteiger partial charge in [0.05, 0.1) is 11.3 Å².